The molecule has 1 fully saturated rings. The van der Waals surface area contributed by atoms with E-state index in [2.05, 4.69) is 31.0 Å². The maximum atomic E-state index is 13.9. The summed E-state index contributed by atoms with van der Waals surface area (Å²) in [6, 6.07) is 9.28. The van der Waals surface area contributed by atoms with Crippen LogP contribution in [0.15, 0.2) is 36.4 Å². The third kappa shape index (κ3) is 9.80. The van der Waals surface area contributed by atoms with Crippen molar-refractivity contribution >= 4 is 63.5 Å². The molecule has 22 heteroatoms. The van der Waals surface area contributed by atoms with Crippen LogP contribution in [0.2, 0.25) is 0 Å². The zero-order chi connectivity index (χ0) is 47.5. The quantitative estimate of drug-likeness (QED) is 0.0732. The van der Waals surface area contributed by atoms with Gasteiger partial charge in [-0.25, -0.2) is 9.97 Å². The number of benzene rings is 2. The zero-order valence-corrected chi connectivity index (χ0v) is 38.3. The van der Waals surface area contributed by atoms with Crippen molar-refractivity contribution in [3.63, 3.8) is 0 Å². The van der Waals surface area contributed by atoms with Gasteiger partial charge < -0.3 is 40.1 Å². The number of aromatic nitrogens is 8. The van der Waals surface area contributed by atoms with Gasteiger partial charge in [-0.15, -0.1) is 0 Å². The molecule has 2 aromatic carbocycles. The number of carbonyl (C=O) groups excluding carboxylic acids is 5. The molecule has 5 amide bonds. The summed E-state index contributed by atoms with van der Waals surface area (Å²) < 4.78 is 25.1. The van der Waals surface area contributed by atoms with Gasteiger partial charge in [-0.1, -0.05) is 0 Å². The van der Waals surface area contributed by atoms with Crippen molar-refractivity contribution in [1.82, 2.24) is 48.9 Å². The van der Waals surface area contributed by atoms with E-state index in [-0.39, 0.29) is 60.8 Å². The molecular formula is C45H56N14O8. The van der Waals surface area contributed by atoms with Crippen LogP contribution in [0, 0.1) is 13.8 Å². The lowest BCUT2D eigenvalue weighted by Gasteiger charge is -2.31. The number of carbonyl (C=O) groups is 5. The molecule has 67 heavy (non-hydrogen) atoms. The molecule has 4 aromatic heterocycles. The number of rotatable bonds is 19. The van der Waals surface area contributed by atoms with Crippen LogP contribution in [0.25, 0.3) is 22.1 Å². The largest absolute Gasteiger partial charge is 0.491 e. The minimum Gasteiger partial charge on any atom is -0.491 e. The van der Waals surface area contributed by atoms with Crippen molar-refractivity contribution in [1.29, 1.82) is 0 Å². The third-order valence-corrected chi connectivity index (χ3v) is 12.0. The molecule has 0 unspecified atom stereocenters. The van der Waals surface area contributed by atoms with Gasteiger partial charge in [0.1, 0.15) is 40.5 Å². The van der Waals surface area contributed by atoms with Crippen LogP contribution < -0.4 is 36.9 Å². The summed E-state index contributed by atoms with van der Waals surface area (Å²) in [5, 5.41) is 17.8. The first-order chi connectivity index (χ1) is 32.2. The van der Waals surface area contributed by atoms with Gasteiger partial charge in [0.2, 0.25) is 29.6 Å². The summed E-state index contributed by atoms with van der Waals surface area (Å²) in [5.74, 6) is -1.12. The van der Waals surface area contributed by atoms with Gasteiger partial charge in [0.05, 0.1) is 48.3 Å². The average molecular weight is 921 g/mol. The highest BCUT2D eigenvalue weighted by atomic mass is 16.5. The Hall–Kier alpha value is -7.33. The van der Waals surface area contributed by atoms with Crippen molar-refractivity contribution in [2.75, 3.05) is 57.2 Å². The summed E-state index contributed by atoms with van der Waals surface area (Å²) in [6.45, 7) is 11.2. The van der Waals surface area contributed by atoms with E-state index < -0.39 is 23.6 Å². The van der Waals surface area contributed by atoms with Crippen LogP contribution in [0.1, 0.15) is 98.7 Å². The molecule has 2 atom stereocenters. The Bertz CT molecular complexity index is 2880. The fourth-order valence-corrected chi connectivity index (χ4v) is 8.63. The number of ether oxygens (including phenoxy) is 3. The summed E-state index contributed by atoms with van der Waals surface area (Å²) in [5.41, 5.74) is 15.8. The van der Waals surface area contributed by atoms with E-state index in [1.165, 1.54) is 0 Å². The molecule has 0 bridgehead atoms. The Morgan fingerprint density at radius 2 is 1.42 bits per heavy atom. The highest BCUT2D eigenvalue weighted by molar-refractivity contribution is 6.05. The van der Waals surface area contributed by atoms with E-state index >= 15 is 0 Å². The number of nitrogens with two attached hydrogens (primary N) is 2. The fourth-order valence-electron chi connectivity index (χ4n) is 8.63. The predicted molar refractivity (Wildman–Crippen MR) is 246 cm³/mol. The number of anilines is 2. The molecular weight excluding hydrogens is 865 g/mol. The van der Waals surface area contributed by atoms with Gasteiger partial charge >= 0.3 is 0 Å². The molecule has 354 valence electrons. The maximum Gasteiger partial charge on any atom is 0.276 e. The number of primary amides is 2. The van der Waals surface area contributed by atoms with Gasteiger partial charge in [0.25, 0.3) is 11.8 Å². The van der Waals surface area contributed by atoms with Crippen molar-refractivity contribution in [3.05, 3.63) is 70.3 Å². The number of likely N-dealkylation sites (N-methyl/N-ethyl adjacent to an activating group) is 1. The normalized spacial score (nSPS) is 16.0. The van der Waals surface area contributed by atoms with Crippen LogP contribution >= 0.6 is 0 Å². The second-order valence-electron chi connectivity index (χ2n) is 16.8. The van der Waals surface area contributed by atoms with Gasteiger partial charge in [0, 0.05) is 56.3 Å². The number of hydrogen-bond acceptors (Lipinski definition) is 13. The molecule has 0 saturated carbocycles. The SMILES string of the molecule is CCn1nc(C)cc1C(=O)Nc1nc2cc(C(N)=O)cc(OCCCNC(=O)C[C@H]3COCCN3C)c2n1CCC[C@H]1COc2cc(C(N)=O)cc3nc(NC(=O)c4cc(C)nn4CC)n1c23. The molecule has 0 radical (unpaired) electrons. The highest BCUT2D eigenvalue weighted by Gasteiger charge is 2.31. The van der Waals surface area contributed by atoms with E-state index in [1.54, 1.807) is 52.7 Å². The van der Waals surface area contributed by atoms with E-state index in [0.717, 1.165) is 6.54 Å². The molecule has 22 nitrogen and oxygen atoms in total. The molecule has 1 saturated heterocycles. The molecule has 6 heterocycles. The average Bonchev–Trinajstić information content (AvgIpc) is 4.07. The van der Waals surface area contributed by atoms with Gasteiger partial charge in [-0.2, -0.15) is 10.2 Å². The van der Waals surface area contributed by atoms with Gasteiger partial charge in [0.15, 0.2) is 0 Å². The van der Waals surface area contributed by atoms with E-state index in [1.807, 2.05) is 37.0 Å². The monoisotopic (exact) mass is 920 g/mol. The molecule has 0 aliphatic carbocycles. The topological polar surface area (TPSA) is 276 Å². The van der Waals surface area contributed by atoms with E-state index in [4.69, 9.17) is 35.6 Å². The minimum atomic E-state index is -0.692. The zero-order valence-electron chi connectivity index (χ0n) is 38.3. The molecule has 6 aromatic rings. The standard InChI is InChI=1S/C45H56N14O8/c1-6-57-33(16-25(3)53-57)42(63)51-44-49-31-18-27(40(46)61)20-35(66-14-9-11-48-37(60)22-30-23-65-15-13-55(30)5)38(31)56(44)12-8-10-29-24-67-36-21-28(41(47)62)19-32-39(36)59(29)45(50-32)52-43(64)34-17-26(4)54-58(34)7-2/h16-21,29-30H,6-15,22-24H2,1-5H3,(H2,46,61)(H2,47,62)(H,48,60)(H,49,51,63)(H,50,52,64)/t29-,30-/m0/s1. The second kappa shape index (κ2) is 19.6. The third-order valence-electron chi connectivity index (χ3n) is 12.0. The Balaban J connectivity index is 1.08. The van der Waals surface area contributed by atoms with Crippen LogP contribution in [-0.2, 0) is 29.2 Å². The van der Waals surface area contributed by atoms with Gasteiger partial charge in [-0.05, 0) is 90.4 Å². The lowest BCUT2D eigenvalue weighted by atomic mass is 10.1. The van der Waals surface area contributed by atoms with Crippen molar-refractivity contribution in [2.24, 2.45) is 11.5 Å². The lowest BCUT2D eigenvalue weighted by molar-refractivity contribution is -0.123. The number of fused-ring (bicyclic) bond motifs is 1. The van der Waals surface area contributed by atoms with Crippen molar-refractivity contribution in [3.8, 4) is 11.5 Å². The molecule has 7 N–H and O–H groups in total. The minimum absolute atomic E-state index is 0.00424. The number of morpholine rings is 1. The summed E-state index contributed by atoms with van der Waals surface area (Å²) in [7, 11) is 1.98. The fraction of sp³-hybridized carbons (Fsp3) is 0.444. The maximum absolute atomic E-state index is 13.9. The number of hydrogen-bond donors (Lipinski definition) is 5. The van der Waals surface area contributed by atoms with Crippen LogP contribution in [0.3, 0.4) is 0 Å². The number of nitrogens with one attached hydrogen (secondary N) is 3. The lowest BCUT2D eigenvalue weighted by Crippen LogP contribution is -2.45. The molecule has 8 rings (SSSR count). The number of amides is 5. The van der Waals surface area contributed by atoms with E-state index in [0.29, 0.717) is 115 Å². The van der Waals surface area contributed by atoms with Crippen molar-refractivity contribution in [2.45, 2.75) is 85.1 Å². The number of aryl methyl sites for hydroxylation is 5. The first-order valence-electron chi connectivity index (χ1n) is 22.4. The van der Waals surface area contributed by atoms with E-state index in [9.17, 15) is 24.0 Å². The number of nitrogens with zero attached hydrogens (tertiary/aromatic N) is 9. The highest BCUT2D eigenvalue weighted by Crippen LogP contribution is 2.39. The smallest absolute Gasteiger partial charge is 0.276 e. The Kier molecular flexibility index (Phi) is 13.5. The summed E-state index contributed by atoms with van der Waals surface area (Å²) >= 11 is 0. The van der Waals surface area contributed by atoms with Crippen molar-refractivity contribution < 1.29 is 38.2 Å². The van der Waals surface area contributed by atoms with Gasteiger partial charge in [-0.3, -0.25) is 48.9 Å². The molecule has 0 spiro atoms. The van der Waals surface area contributed by atoms with Crippen LogP contribution in [-0.4, -0.2) is 126 Å². The second-order valence-corrected chi connectivity index (χ2v) is 16.8. The summed E-state index contributed by atoms with van der Waals surface area (Å²) in [6.07, 6.45) is 1.71. The Morgan fingerprint density at radius 3 is 2.06 bits per heavy atom. The van der Waals surface area contributed by atoms with Crippen LogP contribution in [0.5, 0.6) is 11.5 Å². The first-order valence-corrected chi connectivity index (χ1v) is 22.4. The Morgan fingerprint density at radius 1 is 0.791 bits per heavy atom. The van der Waals surface area contributed by atoms with Crippen LogP contribution in [0.4, 0.5) is 11.9 Å². The number of imidazole rings is 2. The first kappa shape index (κ1) is 46.2. The Labute approximate surface area is 385 Å². The summed E-state index contributed by atoms with van der Waals surface area (Å²) in [4.78, 5) is 77.1. The molecule has 2 aliphatic rings. The predicted octanol–water partition coefficient (Wildman–Crippen LogP) is 3.16. The molecule has 2 aliphatic heterocycles.